The zero-order valence-corrected chi connectivity index (χ0v) is 26.0. The van der Waals surface area contributed by atoms with E-state index in [0.29, 0.717) is 5.89 Å². The Kier molecular flexibility index (Phi) is 5.74. The number of rotatable bonds is 4. The van der Waals surface area contributed by atoms with Crippen LogP contribution in [0.15, 0.2) is 162 Å². The molecule has 10 rings (SSSR count). The third-order valence-corrected chi connectivity index (χ3v) is 10.4. The number of hydrogen-bond acceptors (Lipinski definition) is 3. The van der Waals surface area contributed by atoms with Gasteiger partial charge in [0.2, 0.25) is 5.89 Å². The molecule has 7 aromatic carbocycles. The molecule has 0 amide bonds. The number of para-hydroxylation sites is 2. The molecule has 3 aromatic heterocycles. The summed E-state index contributed by atoms with van der Waals surface area (Å²) in [5.41, 5.74) is 10.7. The van der Waals surface area contributed by atoms with Crippen molar-refractivity contribution in [2.24, 2.45) is 0 Å². The van der Waals surface area contributed by atoms with Crippen molar-refractivity contribution in [1.82, 2.24) is 9.55 Å². The molecular formula is C43H26N2OS. The maximum Gasteiger partial charge on any atom is 0.227 e. The van der Waals surface area contributed by atoms with E-state index in [1.54, 1.807) is 0 Å². The Morgan fingerprint density at radius 3 is 1.96 bits per heavy atom. The lowest BCUT2D eigenvalue weighted by Crippen LogP contribution is -1.92. The molecule has 0 radical (unpaired) electrons. The fourth-order valence-electron chi connectivity index (χ4n) is 7.05. The van der Waals surface area contributed by atoms with E-state index >= 15 is 0 Å². The predicted molar refractivity (Wildman–Crippen MR) is 198 cm³/mol. The molecule has 0 atom stereocenters. The van der Waals surface area contributed by atoms with Gasteiger partial charge in [-0.15, -0.1) is 11.3 Å². The number of hydrogen-bond donors (Lipinski definition) is 0. The third-order valence-electron chi connectivity index (χ3n) is 9.24. The summed E-state index contributed by atoms with van der Waals surface area (Å²) in [6.45, 7) is 0. The standard InChI is InChI=1S/C43H26N2OS/c1-3-11-27(12-4-1)28-19-21-29(22-20-28)34-26-39-40(33-16-8-10-18-38(33)47-39)41-42(34)46-43(44-41)30-23-24-37-35(25-30)32-15-7-9-17-36(32)45(37)31-13-5-2-6-14-31/h1-26H. The van der Waals surface area contributed by atoms with Gasteiger partial charge < -0.3 is 8.98 Å². The van der Waals surface area contributed by atoms with Gasteiger partial charge in [0.15, 0.2) is 5.58 Å². The smallest absolute Gasteiger partial charge is 0.227 e. The summed E-state index contributed by atoms with van der Waals surface area (Å²) in [6.07, 6.45) is 0. The minimum Gasteiger partial charge on any atom is -0.435 e. The number of fused-ring (bicyclic) bond motifs is 8. The fraction of sp³-hybridized carbons (Fsp3) is 0. The quantitative estimate of drug-likeness (QED) is 0.196. The van der Waals surface area contributed by atoms with E-state index in [9.17, 15) is 0 Å². The lowest BCUT2D eigenvalue weighted by Gasteiger charge is -2.07. The van der Waals surface area contributed by atoms with Gasteiger partial charge in [-0.05, 0) is 65.2 Å². The number of oxazole rings is 1. The van der Waals surface area contributed by atoms with Crippen LogP contribution >= 0.6 is 11.3 Å². The molecule has 3 heterocycles. The average Bonchev–Trinajstić information content (AvgIpc) is 3.84. The molecule has 3 nitrogen and oxygen atoms in total. The van der Waals surface area contributed by atoms with Gasteiger partial charge in [-0.2, -0.15) is 0 Å². The van der Waals surface area contributed by atoms with Crippen LogP contribution in [0.5, 0.6) is 0 Å². The van der Waals surface area contributed by atoms with Crippen LogP contribution in [0.2, 0.25) is 0 Å². The van der Waals surface area contributed by atoms with Crippen LogP contribution in [-0.2, 0) is 0 Å². The van der Waals surface area contributed by atoms with E-state index in [2.05, 4.69) is 162 Å². The molecule has 0 aliphatic rings. The topological polar surface area (TPSA) is 31.0 Å². The van der Waals surface area contributed by atoms with Gasteiger partial charge >= 0.3 is 0 Å². The van der Waals surface area contributed by atoms with Gasteiger partial charge in [-0.3, -0.25) is 0 Å². The summed E-state index contributed by atoms with van der Waals surface area (Å²) in [5, 5.41) is 4.74. The Labute approximate surface area is 274 Å². The van der Waals surface area contributed by atoms with Crippen LogP contribution in [-0.4, -0.2) is 9.55 Å². The van der Waals surface area contributed by atoms with Crippen LogP contribution in [0.1, 0.15) is 0 Å². The van der Waals surface area contributed by atoms with Crippen LogP contribution in [0.4, 0.5) is 0 Å². The van der Waals surface area contributed by atoms with E-state index < -0.39 is 0 Å². The molecule has 0 spiro atoms. The molecule has 10 aromatic rings. The molecule has 0 saturated carbocycles. The van der Waals surface area contributed by atoms with Crippen molar-refractivity contribution in [1.29, 1.82) is 0 Å². The van der Waals surface area contributed by atoms with Gasteiger partial charge in [0, 0.05) is 47.8 Å². The zero-order chi connectivity index (χ0) is 30.9. The first kappa shape index (κ1) is 26.3. The van der Waals surface area contributed by atoms with Crippen LogP contribution in [0.25, 0.3) is 92.5 Å². The van der Waals surface area contributed by atoms with Gasteiger partial charge in [0.05, 0.1) is 11.0 Å². The summed E-state index contributed by atoms with van der Waals surface area (Å²) in [7, 11) is 0. The molecule has 0 bridgehead atoms. The molecule has 47 heavy (non-hydrogen) atoms. The van der Waals surface area contributed by atoms with Crippen molar-refractivity contribution in [2.75, 3.05) is 0 Å². The van der Waals surface area contributed by atoms with Crippen LogP contribution in [0.3, 0.4) is 0 Å². The maximum atomic E-state index is 6.82. The summed E-state index contributed by atoms with van der Waals surface area (Å²) >= 11 is 1.81. The molecule has 0 aliphatic heterocycles. The lowest BCUT2D eigenvalue weighted by atomic mass is 9.98. The fourth-order valence-corrected chi connectivity index (χ4v) is 8.20. The molecule has 220 valence electrons. The highest BCUT2D eigenvalue weighted by atomic mass is 32.1. The first-order valence-corrected chi connectivity index (χ1v) is 16.6. The summed E-state index contributed by atoms with van der Waals surface area (Å²) in [4.78, 5) is 5.27. The maximum absolute atomic E-state index is 6.82. The second-order valence-corrected chi connectivity index (χ2v) is 13.0. The van der Waals surface area contributed by atoms with Gasteiger partial charge in [-0.25, -0.2) is 4.98 Å². The van der Waals surface area contributed by atoms with Crippen LogP contribution < -0.4 is 0 Å². The Bertz CT molecular complexity index is 2770. The van der Waals surface area contributed by atoms with E-state index in [0.717, 1.165) is 44.4 Å². The third kappa shape index (κ3) is 4.09. The number of benzene rings is 7. The SMILES string of the molecule is c1ccc(-c2ccc(-c3cc4sc5ccccc5c4c4nc(-c5ccc6c(c5)c5ccccc5n6-c5ccccc5)oc34)cc2)cc1. The van der Waals surface area contributed by atoms with Crippen molar-refractivity contribution >= 4 is 64.4 Å². The molecule has 0 unspecified atom stereocenters. The molecule has 0 aliphatic carbocycles. The molecule has 0 N–H and O–H groups in total. The molecule has 4 heteroatoms. The van der Waals surface area contributed by atoms with Crippen molar-refractivity contribution in [2.45, 2.75) is 0 Å². The molecular weight excluding hydrogens is 593 g/mol. The highest BCUT2D eigenvalue weighted by molar-refractivity contribution is 7.26. The number of thiophene rings is 1. The summed E-state index contributed by atoms with van der Waals surface area (Å²) in [6, 6.07) is 55.9. The first-order valence-electron chi connectivity index (χ1n) is 15.8. The second-order valence-electron chi connectivity index (χ2n) is 12.0. The van der Waals surface area contributed by atoms with E-state index in [1.807, 2.05) is 11.3 Å². The van der Waals surface area contributed by atoms with Gasteiger partial charge in [-0.1, -0.05) is 109 Å². The Morgan fingerprint density at radius 1 is 0.489 bits per heavy atom. The summed E-state index contributed by atoms with van der Waals surface area (Å²) < 4.78 is 11.6. The van der Waals surface area contributed by atoms with Crippen LogP contribution in [0, 0.1) is 0 Å². The van der Waals surface area contributed by atoms with Crippen molar-refractivity contribution < 1.29 is 4.42 Å². The van der Waals surface area contributed by atoms with E-state index in [1.165, 1.54) is 42.2 Å². The zero-order valence-electron chi connectivity index (χ0n) is 25.2. The van der Waals surface area contributed by atoms with Crippen molar-refractivity contribution in [3.63, 3.8) is 0 Å². The largest absolute Gasteiger partial charge is 0.435 e. The van der Waals surface area contributed by atoms with Gasteiger partial charge in [0.1, 0.15) is 5.52 Å². The monoisotopic (exact) mass is 618 g/mol. The number of aromatic nitrogens is 2. The van der Waals surface area contributed by atoms with Crippen molar-refractivity contribution in [3.8, 4) is 39.4 Å². The molecule has 0 saturated heterocycles. The first-order chi connectivity index (χ1) is 23.3. The minimum absolute atomic E-state index is 0.628. The minimum atomic E-state index is 0.628. The predicted octanol–water partition coefficient (Wildman–Crippen LogP) is 12.3. The average molecular weight is 619 g/mol. The molecule has 0 fully saturated rings. The highest BCUT2D eigenvalue weighted by Gasteiger charge is 2.21. The van der Waals surface area contributed by atoms with E-state index in [-0.39, 0.29) is 0 Å². The van der Waals surface area contributed by atoms with E-state index in [4.69, 9.17) is 9.40 Å². The van der Waals surface area contributed by atoms with Gasteiger partial charge in [0.25, 0.3) is 0 Å². The Morgan fingerprint density at radius 2 is 1.13 bits per heavy atom. The summed E-state index contributed by atoms with van der Waals surface area (Å²) in [5.74, 6) is 0.628. The highest BCUT2D eigenvalue weighted by Crippen LogP contribution is 2.44. The number of nitrogens with zero attached hydrogens (tertiary/aromatic N) is 2. The van der Waals surface area contributed by atoms with Crippen molar-refractivity contribution in [3.05, 3.63) is 158 Å². The lowest BCUT2D eigenvalue weighted by molar-refractivity contribution is 0.621. The Hall–Kier alpha value is -5.97. The Balaban J connectivity index is 1.20. The second kappa shape index (κ2) is 10.3. The normalized spacial score (nSPS) is 11.8.